The zero-order chi connectivity index (χ0) is 19.1. The van der Waals surface area contributed by atoms with E-state index in [4.69, 9.17) is 4.74 Å². The summed E-state index contributed by atoms with van der Waals surface area (Å²) in [6.45, 7) is 8.70. The van der Waals surface area contributed by atoms with Crippen molar-refractivity contribution in [2.24, 2.45) is 4.99 Å². The van der Waals surface area contributed by atoms with Crippen LogP contribution in [0.1, 0.15) is 50.7 Å². The highest BCUT2D eigenvalue weighted by atomic mass is 16.5. The van der Waals surface area contributed by atoms with Gasteiger partial charge in [-0.15, -0.1) is 0 Å². The fourth-order valence-electron chi connectivity index (χ4n) is 3.66. The number of carbonyl (C=O) groups is 1. The van der Waals surface area contributed by atoms with E-state index in [1.807, 2.05) is 17.0 Å². The van der Waals surface area contributed by atoms with Gasteiger partial charge < -0.3 is 20.3 Å². The second-order valence-electron chi connectivity index (χ2n) is 7.65. The molecule has 3 rings (SSSR count). The number of guanidine groups is 1. The molecule has 0 radical (unpaired) electrons. The molecule has 1 saturated heterocycles. The highest BCUT2D eigenvalue weighted by molar-refractivity contribution is 5.80. The van der Waals surface area contributed by atoms with E-state index in [0.29, 0.717) is 13.0 Å². The molecule has 27 heavy (non-hydrogen) atoms. The molecule has 2 N–H and O–H groups in total. The summed E-state index contributed by atoms with van der Waals surface area (Å²) >= 11 is 0. The molecule has 2 aliphatic heterocycles. The third-order valence-corrected chi connectivity index (χ3v) is 5.27. The highest BCUT2D eigenvalue weighted by Gasteiger charge is 2.29. The number of rotatable bonds is 7. The average molecular weight is 373 g/mol. The van der Waals surface area contributed by atoms with Crippen LogP contribution in [-0.2, 0) is 22.6 Å². The van der Waals surface area contributed by atoms with Crippen LogP contribution in [0.2, 0.25) is 0 Å². The van der Waals surface area contributed by atoms with Crippen molar-refractivity contribution in [3.8, 4) is 0 Å². The van der Waals surface area contributed by atoms with Crippen molar-refractivity contribution < 1.29 is 9.53 Å². The molecule has 0 saturated carbocycles. The van der Waals surface area contributed by atoms with Crippen LogP contribution in [0.25, 0.3) is 0 Å². The van der Waals surface area contributed by atoms with Crippen LogP contribution >= 0.6 is 0 Å². The van der Waals surface area contributed by atoms with Gasteiger partial charge >= 0.3 is 0 Å². The molecule has 1 unspecified atom stereocenters. The largest absolute Gasteiger partial charge is 0.373 e. The SMILES string of the molecule is CCNC(=NCC1(C)CCCO1)NCCCC(=O)N1Cc2ccccc2C1. The number of carbonyl (C=O) groups excluding carboxylic acids is 1. The second-order valence-corrected chi connectivity index (χ2v) is 7.65. The number of hydrogen-bond donors (Lipinski definition) is 2. The average Bonchev–Trinajstić information content (AvgIpc) is 3.29. The van der Waals surface area contributed by atoms with Crippen LogP contribution in [0.15, 0.2) is 29.3 Å². The molecule has 2 aliphatic rings. The molecule has 1 aromatic rings. The first-order valence-corrected chi connectivity index (χ1v) is 10.1. The smallest absolute Gasteiger partial charge is 0.223 e. The number of hydrogen-bond acceptors (Lipinski definition) is 3. The number of nitrogens with zero attached hydrogens (tertiary/aromatic N) is 2. The standard InChI is InChI=1S/C21H32N4O2/c1-3-22-20(24-16-21(2)11-7-13-27-21)23-12-6-10-19(26)25-14-17-8-4-5-9-18(17)15-25/h4-5,8-9H,3,6-7,10-16H2,1-2H3,(H2,22,23,24). The molecule has 0 aliphatic carbocycles. The predicted molar refractivity (Wildman–Crippen MR) is 108 cm³/mol. The zero-order valence-corrected chi connectivity index (χ0v) is 16.6. The van der Waals surface area contributed by atoms with Crippen LogP contribution < -0.4 is 10.6 Å². The molecule has 1 aromatic carbocycles. The Morgan fingerprint density at radius 3 is 2.63 bits per heavy atom. The van der Waals surface area contributed by atoms with Gasteiger partial charge in [-0.25, -0.2) is 0 Å². The molecule has 1 amide bonds. The minimum absolute atomic E-state index is 0.136. The summed E-state index contributed by atoms with van der Waals surface area (Å²) in [5, 5.41) is 6.60. The van der Waals surface area contributed by atoms with Crippen LogP contribution in [-0.4, -0.2) is 48.6 Å². The molecule has 0 spiro atoms. The third kappa shape index (κ3) is 5.45. The first-order valence-electron chi connectivity index (χ1n) is 10.1. The Hall–Kier alpha value is -2.08. The predicted octanol–water partition coefficient (Wildman–Crippen LogP) is 2.43. The quantitative estimate of drug-likeness (QED) is 0.438. The molecule has 6 heteroatoms. The van der Waals surface area contributed by atoms with Gasteiger partial charge in [0.05, 0.1) is 12.1 Å². The number of nitrogens with one attached hydrogen (secondary N) is 2. The maximum Gasteiger partial charge on any atom is 0.223 e. The lowest BCUT2D eigenvalue weighted by Gasteiger charge is -2.21. The summed E-state index contributed by atoms with van der Waals surface area (Å²) in [7, 11) is 0. The normalized spacial score (nSPS) is 22.0. The fourth-order valence-corrected chi connectivity index (χ4v) is 3.66. The van der Waals surface area contributed by atoms with Gasteiger partial charge in [0.2, 0.25) is 5.91 Å². The molecular weight excluding hydrogens is 340 g/mol. The van der Waals surface area contributed by atoms with E-state index in [1.165, 1.54) is 11.1 Å². The molecule has 0 aromatic heterocycles. The zero-order valence-electron chi connectivity index (χ0n) is 16.6. The lowest BCUT2D eigenvalue weighted by atomic mass is 10.0. The molecule has 1 fully saturated rings. The van der Waals surface area contributed by atoms with Crippen molar-refractivity contribution in [1.82, 2.24) is 15.5 Å². The number of fused-ring (bicyclic) bond motifs is 1. The van der Waals surface area contributed by atoms with E-state index in [1.54, 1.807) is 0 Å². The van der Waals surface area contributed by atoms with Gasteiger partial charge in [-0.3, -0.25) is 9.79 Å². The van der Waals surface area contributed by atoms with Gasteiger partial charge in [0.1, 0.15) is 0 Å². The summed E-state index contributed by atoms with van der Waals surface area (Å²) in [6.07, 6.45) is 3.52. The molecule has 0 bridgehead atoms. The molecule has 148 valence electrons. The van der Waals surface area contributed by atoms with Gasteiger partial charge in [-0.2, -0.15) is 0 Å². The van der Waals surface area contributed by atoms with E-state index in [0.717, 1.165) is 58.0 Å². The molecule has 2 heterocycles. The van der Waals surface area contributed by atoms with Crippen molar-refractivity contribution in [2.75, 3.05) is 26.2 Å². The summed E-state index contributed by atoms with van der Waals surface area (Å²) in [4.78, 5) is 19.1. The molecular formula is C21H32N4O2. The summed E-state index contributed by atoms with van der Waals surface area (Å²) in [5.74, 6) is 1.03. The van der Waals surface area contributed by atoms with Gasteiger partial charge in [-0.05, 0) is 44.2 Å². The van der Waals surface area contributed by atoms with Gasteiger partial charge in [0.25, 0.3) is 0 Å². The second kappa shape index (κ2) is 9.22. The van der Waals surface area contributed by atoms with Crippen LogP contribution in [0.4, 0.5) is 0 Å². The van der Waals surface area contributed by atoms with Crippen molar-refractivity contribution in [1.29, 1.82) is 0 Å². The number of benzene rings is 1. The lowest BCUT2D eigenvalue weighted by molar-refractivity contribution is -0.131. The minimum Gasteiger partial charge on any atom is -0.373 e. The van der Waals surface area contributed by atoms with Crippen LogP contribution in [0.3, 0.4) is 0 Å². The van der Waals surface area contributed by atoms with Crippen molar-refractivity contribution in [3.05, 3.63) is 35.4 Å². The minimum atomic E-state index is -0.136. The Bertz CT molecular complexity index is 643. The first kappa shape index (κ1) is 19.7. The number of amides is 1. The Morgan fingerprint density at radius 1 is 1.26 bits per heavy atom. The molecule has 1 atom stereocenters. The maximum absolute atomic E-state index is 12.5. The van der Waals surface area contributed by atoms with E-state index < -0.39 is 0 Å². The van der Waals surface area contributed by atoms with Crippen molar-refractivity contribution >= 4 is 11.9 Å². The monoisotopic (exact) mass is 372 g/mol. The molecule has 6 nitrogen and oxygen atoms in total. The highest BCUT2D eigenvalue weighted by Crippen LogP contribution is 2.25. The van der Waals surface area contributed by atoms with Crippen LogP contribution in [0.5, 0.6) is 0 Å². The Labute approximate surface area is 162 Å². The summed E-state index contributed by atoms with van der Waals surface area (Å²) in [5.41, 5.74) is 2.41. The Kier molecular flexibility index (Phi) is 6.72. The van der Waals surface area contributed by atoms with E-state index in [9.17, 15) is 4.79 Å². The number of aliphatic imine (C=N–C) groups is 1. The van der Waals surface area contributed by atoms with Gasteiger partial charge in [0, 0.05) is 39.2 Å². The van der Waals surface area contributed by atoms with Gasteiger partial charge in [0.15, 0.2) is 5.96 Å². The first-order chi connectivity index (χ1) is 13.1. The number of ether oxygens (including phenoxy) is 1. The lowest BCUT2D eigenvalue weighted by Crippen LogP contribution is -2.40. The van der Waals surface area contributed by atoms with Crippen molar-refractivity contribution in [2.45, 2.75) is 58.2 Å². The van der Waals surface area contributed by atoms with E-state index in [2.05, 4.69) is 41.6 Å². The summed E-state index contributed by atoms with van der Waals surface area (Å²) in [6, 6.07) is 8.29. The Morgan fingerprint density at radius 2 is 2.00 bits per heavy atom. The van der Waals surface area contributed by atoms with E-state index in [-0.39, 0.29) is 11.5 Å². The maximum atomic E-state index is 12.5. The topological polar surface area (TPSA) is 66.0 Å². The summed E-state index contributed by atoms with van der Waals surface area (Å²) < 4.78 is 5.80. The van der Waals surface area contributed by atoms with Crippen molar-refractivity contribution in [3.63, 3.8) is 0 Å². The third-order valence-electron chi connectivity index (χ3n) is 5.27. The van der Waals surface area contributed by atoms with Crippen LogP contribution in [0, 0.1) is 0 Å². The Balaban J connectivity index is 1.39. The fraction of sp³-hybridized carbons (Fsp3) is 0.619. The van der Waals surface area contributed by atoms with Gasteiger partial charge in [-0.1, -0.05) is 24.3 Å². The van der Waals surface area contributed by atoms with E-state index >= 15 is 0 Å².